The molecule has 11 rings (SSSR count). The lowest BCUT2D eigenvalue weighted by Crippen LogP contribution is -2.15. The molecule has 10 aromatic rings. The first-order valence-electron chi connectivity index (χ1n) is 16.6. The normalized spacial score (nSPS) is 13.8. The topological polar surface area (TPSA) is 18.1 Å². The monoisotopic (exact) mass is 631 g/mol. The van der Waals surface area contributed by atoms with Gasteiger partial charge in [-0.3, -0.25) is 0 Å². The number of fused-ring (bicyclic) bond motifs is 13. The molecule has 3 heteroatoms. The van der Waals surface area contributed by atoms with E-state index in [1.165, 1.54) is 69.8 Å². The summed E-state index contributed by atoms with van der Waals surface area (Å²) in [4.78, 5) is 0. The Morgan fingerprint density at radius 1 is 0.542 bits per heavy atom. The molecule has 0 radical (unpaired) electrons. The van der Waals surface area contributed by atoms with Gasteiger partial charge in [-0.2, -0.15) is 0 Å². The van der Waals surface area contributed by atoms with Crippen LogP contribution in [0.3, 0.4) is 0 Å². The minimum Gasteiger partial charge on any atom is -0.454 e. The van der Waals surface area contributed by atoms with Crippen LogP contribution in [-0.2, 0) is 5.41 Å². The number of thiophene rings is 1. The minimum absolute atomic E-state index is 0.0980. The van der Waals surface area contributed by atoms with Gasteiger partial charge < -0.3 is 8.98 Å². The third-order valence-corrected chi connectivity index (χ3v) is 11.9. The second kappa shape index (κ2) is 9.25. The highest BCUT2D eigenvalue weighted by molar-refractivity contribution is 7.25. The SMILES string of the molecule is CC1(C)c2ccccc2-c2ccc(-n3c4ccccc4c4c(-c5ccc6sc7ccccc7c6c5)cc5c6ccccc6oc5c43)cc21. The molecule has 1 aliphatic rings. The van der Waals surface area contributed by atoms with E-state index in [2.05, 4.69) is 158 Å². The molecular weight excluding hydrogens is 603 g/mol. The molecular formula is C45H29NOS. The second-order valence-electron chi connectivity index (χ2n) is 13.7. The van der Waals surface area contributed by atoms with Crippen molar-refractivity contribution in [3.8, 4) is 27.9 Å². The Labute approximate surface area is 281 Å². The molecule has 0 spiro atoms. The van der Waals surface area contributed by atoms with Crippen LogP contribution < -0.4 is 0 Å². The molecule has 2 nitrogen and oxygen atoms in total. The van der Waals surface area contributed by atoms with Gasteiger partial charge in [0.25, 0.3) is 0 Å². The van der Waals surface area contributed by atoms with Crippen LogP contribution in [0.2, 0.25) is 0 Å². The standard InChI is InChI=1S/C45H29NOS/c1-45(2)36-15-7-3-11-28(36)29-21-20-27(24-37(29)45)46-38-16-8-4-14-32(38)42-33(25-35-30-12-5-9-17-39(30)47-44(35)43(42)46)26-19-22-41-34(23-26)31-13-6-10-18-40(31)48-41/h3-25H,1-2H3. The van der Waals surface area contributed by atoms with Gasteiger partial charge >= 0.3 is 0 Å². The number of hydrogen-bond donors (Lipinski definition) is 0. The summed E-state index contributed by atoms with van der Waals surface area (Å²) in [6, 6.07) is 51.4. The average Bonchev–Trinajstić information content (AvgIpc) is 3.85. The van der Waals surface area contributed by atoms with Crippen LogP contribution in [0.15, 0.2) is 144 Å². The smallest absolute Gasteiger partial charge is 0.160 e. The third-order valence-electron chi connectivity index (χ3n) is 10.8. The summed E-state index contributed by atoms with van der Waals surface area (Å²) >= 11 is 1.86. The molecule has 0 saturated heterocycles. The number of nitrogens with zero attached hydrogens (tertiary/aromatic N) is 1. The van der Waals surface area contributed by atoms with Gasteiger partial charge in [0.15, 0.2) is 5.58 Å². The molecule has 0 N–H and O–H groups in total. The Balaban J connectivity index is 1.29. The van der Waals surface area contributed by atoms with Gasteiger partial charge in [-0.1, -0.05) is 105 Å². The van der Waals surface area contributed by atoms with E-state index in [0.29, 0.717) is 0 Å². The van der Waals surface area contributed by atoms with Crippen molar-refractivity contribution in [2.75, 3.05) is 0 Å². The number of para-hydroxylation sites is 2. The van der Waals surface area contributed by atoms with Crippen LogP contribution in [0.25, 0.3) is 91.9 Å². The van der Waals surface area contributed by atoms with Gasteiger partial charge in [-0.15, -0.1) is 11.3 Å². The first kappa shape index (κ1) is 26.4. The van der Waals surface area contributed by atoms with Crippen LogP contribution in [-0.4, -0.2) is 4.57 Å². The molecule has 0 bridgehead atoms. The number of aromatic nitrogens is 1. The lowest BCUT2D eigenvalue weighted by molar-refractivity contribution is 0.660. The Hall–Kier alpha value is -5.64. The molecule has 0 saturated carbocycles. The first-order valence-corrected chi connectivity index (χ1v) is 17.4. The molecule has 3 heterocycles. The molecule has 3 aromatic heterocycles. The summed E-state index contributed by atoms with van der Waals surface area (Å²) in [5.41, 5.74) is 13.0. The zero-order valence-electron chi connectivity index (χ0n) is 26.5. The van der Waals surface area contributed by atoms with Crippen molar-refractivity contribution >= 4 is 75.3 Å². The van der Waals surface area contributed by atoms with Crippen molar-refractivity contribution in [1.82, 2.24) is 4.57 Å². The molecule has 0 aliphatic heterocycles. The molecule has 0 fully saturated rings. The molecule has 226 valence electrons. The fourth-order valence-electron chi connectivity index (χ4n) is 8.55. The van der Waals surface area contributed by atoms with Gasteiger partial charge in [-0.25, -0.2) is 0 Å². The zero-order valence-corrected chi connectivity index (χ0v) is 27.4. The van der Waals surface area contributed by atoms with E-state index < -0.39 is 0 Å². The lowest BCUT2D eigenvalue weighted by Gasteiger charge is -2.22. The number of furan rings is 1. The fraction of sp³-hybridized carbons (Fsp3) is 0.0667. The Bertz CT molecular complexity index is 2990. The van der Waals surface area contributed by atoms with Crippen molar-refractivity contribution in [2.24, 2.45) is 0 Å². The maximum Gasteiger partial charge on any atom is 0.160 e. The first-order chi connectivity index (χ1) is 23.6. The van der Waals surface area contributed by atoms with Crippen LogP contribution >= 0.6 is 11.3 Å². The van der Waals surface area contributed by atoms with Gasteiger partial charge in [-0.05, 0) is 81.9 Å². The summed E-state index contributed by atoms with van der Waals surface area (Å²) in [5, 5.41) is 7.35. The quantitative estimate of drug-likeness (QED) is 0.186. The Morgan fingerprint density at radius 3 is 2.19 bits per heavy atom. The predicted molar refractivity (Wildman–Crippen MR) is 204 cm³/mol. The molecule has 48 heavy (non-hydrogen) atoms. The largest absolute Gasteiger partial charge is 0.454 e. The van der Waals surface area contributed by atoms with E-state index in [-0.39, 0.29) is 5.41 Å². The van der Waals surface area contributed by atoms with Crippen molar-refractivity contribution in [2.45, 2.75) is 19.3 Å². The summed E-state index contributed by atoms with van der Waals surface area (Å²) in [6.07, 6.45) is 0. The number of benzene rings is 7. The Kier molecular flexibility index (Phi) is 5.09. The molecule has 1 aliphatic carbocycles. The van der Waals surface area contributed by atoms with Gasteiger partial charge in [0, 0.05) is 52.8 Å². The third kappa shape index (κ3) is 3.36. The molecule has 7 aromatic carbocycles. The fourth-order valence-corrected chi connectivity index (χ4v) is 9.64. The molecule has 0 atom stereocenters. The van der Waals surface area contributed by atoms with Gasteiger partial charge in [0.2, 0.25) is 0 Å². The van der Waals surface area contributed by atoms with Crippen LogP contribution in [0, 0.1) is 0 Å². The maximum absolute atomic E-state index is 6.83. The lowest BCUT2D eigenvalue weighted by atomic mass is 9.82. The summed E-state index contributed by atoms with van der Waals surface area (Å²) in [7, 11) is 0. The van der Waals surface area contributed by atoms with Crippen LogP contribution in [0.4, 0.5) is 0 Å². The summed E-state index contributed by atoms with van der Waals surface area (Å²) in [6.45, 7) is 4.71. The zero-order chi connectivity index (χ0) is 31.7. The Morgan fingerprint density at radius 2 is 1.27 bits per heavy atom. The maximum atomic E-state index is 6.83. The molecule has 0 amide bonds. The van der Waals surface area contributed by atoms with E-state index >= 15 is 0 Å². The van der Waals surface area contributed by atoms with Gasteiger partial charge in [0.1, 0.15) is 5.58 Å². The van der Waals surface area contributed by atoms with Crippen molar-refractivity contribution in [3.63, 3.8) is 0 Å². The van der Waals surface area contributed by atoms with E-state index in [1.54, 1.807) is 0 Å². The summed E-state index contributed by atoms with van der Waals surface area (Å²) in [5.74, 6) is 0. The predicted octanol–water partition coefficient (Wildman–Crippen LogP) is 13.0. The van der Waals surface area contributed by atoms with Crippen LogP contribution in [0.5, 0.6) is 0 Å². The number of rotatable bonds is 2. The minimum atomic E-state index is -0.0980. The van der Waals surface area contributed by atoms with E-state index in [0.717, 1.165) is 33.1 Å². The van der Waals surface area contributed by atoms with Crippen LogP contribution in [0.1, 0.15) is 25.0 Å². The van der Waals surface area contributed by atoms with E-state index in [1.807, 2.05) is 11.3 Å². The van der Waals surface area contributed by atoms with Gasteiger partial charge in [0.05, 0.1) is 11.0 Å². The van der Waals surface area contributed by atoms with E-state index in [4.69, 9.17) is 4.42 Å². The van der Waals surface area contributed by atoms with Crippen molar-refractivity contribution < 1.29 is 4.42 Å². The highest BCUT2D eigenvalue weighted by Crippen LogP contribution is 2.51. The highest BCUT2D eigenvalue weighted by Gasteiger charge is 2.35. The summed E-state index contributed by atoms with van der Waals surface area (Å²) < 4.78 is 11.9. The van der Waals surface area contributed by atoms with E-state index in [9.17, 15) is 0 Å². The second-order valence-corrected chi connectivity index (χ2v) is 14.8. The van der Waals surface area contributed by atoms with Crippen molar-refractivity contribution in [1.29, 1.82) is 0 Å². The highest BCUT2D eigenvalue weighted by atomic mass is 32.1. The number of hydrogen-bond acceptors (Lipinski definition) is 2. The van der Waals surface area contributed by atoms with Crippen molar-refractivity contribution in [3.05, 3.63) is 151 Å². The average molecular weight is 632 g/mol. The molecule has 0 unspecified atom stereocenters.